The van der Waals surface area contributed by atoms with Crippen LogP contribution < -0.4 is 5.73 Å². The van der Waals surface area contributed by atoms with E-state index in [0.29, 0.717) is 0 Å². The van der Waals surface area contributed by atoms with Gasteiger partial charge in [0, 0.05) is 16.3 Å². The summed E-state index contributed by atoms with van der Waals surface area (Å²) >= 11 is 6.09. The zero-order chi connectivity index (χ0) is 11.5. The zero-order valence-corrected chi connectivity index (χ0v) is 9.96. The van der Waals surface area contributed by atoms with Gasteiger partial charge in [0.25, 0.3) is 0 Å². The SMILES string of the molecule is CCc1cc(-c2ccccc2N)ccc1Cl. The van der Waals surface area contributed by atoms with Crippen LogP contribution in [0.4, 0.5) is 5.69 Å². The Hall–Kier alpha value is -1.47. The second kappa shape index (κ2) is 4.58. The van der Waals surface area contributed by atoms with E-state index in [1.54, 1.807) is 0 Å². The van der Waals surface area contributed by atoms with Crippen molar-refractivity contribution in [3.05, 3.63) is 53.1 Å². The van der Waals surface area contributed by atoms with Gasteiger partial charge in [-0.1, -0.05) is 42.8 Å². The van der Waals surface area contributed by atoms with Gasteiger partial charge in [-0.15, -0.1) is 0 Å². The quantitative estimate of drug-likeness (QED) is 0.772. The Morgan fingerprint density at radius 2 is 1.88 bits per heavy atom. The van der Waals surface area contributed by atoms with Gasteiger partial charge in [0.15, 0.2) is 0 Å². The first-order valence-electron chi connectivity index (χ1n) is 5.35. The largest absolute Gasteiger partial charge is 0.398 e. The van der Waals surface area contributed by atoms with Crippen molar-refractivity contribution in [2.24, 2.45) is 0 Å². The number of rotatable bonds is 2. The van der Waals surface area contributed by atoms with Crippen LogP contribution >= 0.6 is 11.6 Å². The number of halogens is 1. The number of nitrogens with two attached hydrogens (primary N) is 1. The normalized spacial score (nSPS) is 10.4. The molecule has 0 aromatic heterocycles. The Bertz CT molecular complexity index is 506. The van der Waals surface area contributed by atoms with Crippen molar-refractivity contribution < 1.29 is 0 Å². The maximum Gasteiger partial charge on any atom is 0.0438 e. The van der Waals surface area contributed by atoms with E-state index in [2.05, 4.69) is 13.0 Å². The van der Waals surface area contributed by atoms with Crippen molar-refractivity contribution in [2.75, 3.05) is 5.73 Å². The van der Waals surface area contributed by atoms with E-state index in [-0.39, 0.29) is 0 Å². The van der Waals surface area contributed by atoms with Crippen LogP contribution in [0.25, 0.3) is 11.1 Å². The van der Waals surface area contributed by atoms with Crippen molar-refractivity contribution in [3.8, 4) is 11.1 Å². The predicted octanol–water partition coefficient (Wildman–Crippen LogP) is 4.15. The Balaban J connectivity index is 2.53. The third-order valence-electron chi connectivity index (χ3n) is 2.70. The lowest BCUT2D eigenvalue weighted by molar-refractivity contribution is 1.14. The van der Waals surface area contributed by atoms with Gasteiger partial charge in [-0.3, -0.25) is 0 Å². The van der Waals surface area contributed by atoms with Gasteiger partial charge in [-0.25, -0.2) is 0 Å². The molecule has 0 radical (unpaired) electrons. The molecule has 0 aliphatic heterocycles. The minimum Gasteiger partial charge on any atom is -0.398 e. The topological polar surface area (TPSA) is 26.0 Å². The van der Waals surface area contributed by atoms with Crippen LogP contribution in [0.1, 0.15) is 12.5 Å². The molecule has 82 valence electrons. The van der Waals surface area contributed by atoms with E-state index in [1.165, 1.54) is 0 Å². The standard InChI is InChI=1S/C14H14ClN/c1-2-10-9-11(7-8-13(10)15)12-5-3-4-6-14(12)16/h3-9H,2,16H2,1H3. The first-order valence-corrected chi connectivity index (χ1v) is 5.73. The Morgan fingerprint density at radius 3 is 2.56 bits per heavy atom. The maximum atomic E-state index is 6.09. The average molecular weight is 232 g/mol. The first kappa shape index (κ1) is 11.0. The van der Waals surface area contributed by atoms with Crippen molar-refractivity contribution >= 4 is 17.3 Å². The van der Waals surface area contributed by atoms with Gasteiger partial charge in [0.1, 0.15) is 0 Å². The highest BCUT2D eigenvalue weighted by Gasteiger charge is 2.04. The summed E-state index contributed by atoms with van der Waals surface area (Å²) in [7, 11) is 0. The van der Waals surface area contributed by atoms with Crippen molar-refractivity contribution in [1.29, 1.82) is 0 Å². The van der Waals surface area contributed by atoms with Gasteiger partial charge in [0.05, 0.1) is 0 Å². The number of para-hydroxylation sites is 1. The Labute approximate surface area is 101 Å². The predicted molar refractivity (Wildman–Crippen MR) is 70.7 cm³/mol. The molecule has 2 rings (SSSR count). The molecule has 2 aromatic carbocycles. The fraction of sp³-hybridized carbons (Fsp3) is 0.143. The van der Waals surface area contributed by atoms with Gasteiger partial charge >= 0.3 is 0 Å². The molecule has 0 fully saturated rings. The molecule has 2 aromatic rings. The van der Waals surface area contributed by atoms with Crippen molar-refractivity contribution in [1.82, 2.24) is 0 Å². The molecule has 0 saturated carbocycles. The summed E-state index contributed by atoms with van der Waals surface area (Å²) in [5.74, 6) is 0. The van der Waals surface area contributed by atoms with Crippen molar-refractivity contribution in [3.63, 3.8) is 0 Å². The van der Waals surface area contributed by atoms with Gasteiger partial charge in [0.2, 0.25) is 0 Å². The van der Waals surface area contributed by atoms with Crippen LogP contribution in [0.2, 0.25) is 5.02 Å². The van der Waals surface area contributed by atoms with Gasteiger partial charge < -0.3 is 5.73 Å². The average Bonchev–Trinajstić information content (AvgIpc) is 2.31. The number of nitrogen functional groups attached to an aromatic ring is 1. The molecule has 0 heterocycles. The number of benzene rings is 2. The summed E-state index contributed by atoms with van der Waals surface area (Å²) in [6, 6.07) is 13.9. The van der Waals surface area contributed by atoms with Crippen LogP contribution in [-0.4, -0.2) is 0 Å². The third kappa shape index (κ3) is 2.05. The Kier molecular flexibility index (Phi) is 3.16. The number of hydrogen-bond donors (Lipinski definition) is 1. The second-order valence-corrected chi connectivity index (χ2v) is 4.15. The molecule has 16 heavy (non-hydrogen) atoms. The smallest absolute Gasteiger partial charge is 0.0438 e. The lowest BCUT2D eigenvalue weighted by atomic mass is 10.0. The van der Waals surface area contributed by atoms with Gasteiger partial charge in [-0.05, 0) is 35.7 Å². The van der Waals surface area contributed by atoms with E-state index in [4.69, 9.17) is 17.3 Å². The van der Waals surface area contributed by atoms with Crippen LogP contribution in [0.5, 0.6) is 0 Å². The molecule has 0 aliphatic carbocycles. The number of hydrogen-bond acceptors (Lipinski definition) is 1. The minimum atomic E-state index is 0.798. The fourth-order valence-corrected chi connectivity index (χ4v) is 2.02. The third-order valence-corrected chi connectivity index (χ3v) is 3.07. The summed E-state index contributed by atoms with van der Waals surface area (Å²) in [6.07, 6.45) is 0.930. The Morgan fingerprint density at radius 1 is 1.12 bits per heavy atom. The van der Waals surface area contributed by atoms with Gasteiger partial charge in [-0.2, -0.15) is 0 Å². The van der Waals surface area contributed by atoms with E-state index in [1.807, 2.05) is 36.4 Å². The number of aryl methyl sites for hydroxylation is 1. The summed E-state index contributed by atoms with van der Waals surface area (Å²) in [5.41, 5.74) is 10.1. The highest BCUT2D eigenvalue weighted by atomic mass is 35.5. The summed E-state index contributed by atoms with van der Waals surface area (Å²) in [6.45, 7) is 2.10. The molecule has 2 heteroatoms. The monoisotopic (exact) mass is 231 g/mol. The second-order valence-electron chi connectivity index (χ2n) is 3.75. The van der Waals surface area contributed by atoms with Crippen LogP contribution in [0, 0.1) is 0 Å². The lowest BCUT2D eigenvalue weighted by Gasteiger charge is -2.08. The van der Waals surface area contributed by atoms with E-state index in [9.17, 15) is 0 Å². The molecule has 0 aliphatic rings. The minimum absolute atomic E-state index is 0.798. The highest BCUT2D eigenvalue weighted by molar-refractivity contribution is 6.31. The molecular formula is C14H14ClN. The molecule has 0 bridgehead atoms. The van der Waals surface area contributed by atoms with Crippen LogP contribution in [0.15, 0.2) is 42.5 Å². The highest BCUT2D eigenvalue weighted by Crippen LogP contribution is 2.29. The fourth-order valence-electron chi connectivity index (χ4n) is 1.77. The molecule has 0 unspecified atom stereocenters. The molecular weight excluding hydrogens is 218 g/mol. The van der Waals surface area contributed by atoms with E-state index >= 15 is 0 Å². The maximum absolute atomic E-state index is 6.09. The van der Waals surface area contributed by atoms with Crippen LogP contribution in [0.3, 0.4) is 0 Å². The van der Waals surface area contributed by atoms with Crippen LogP contribution in [-0.2, 0) is 6.42 Å². The molecule has 0 atom stereocenters. The molecule has 1 nitrogen and oxygen atoms in total. The molecule has 2 N–H and O–H groups in total. The summed E-state index contributed by atoms with van der Waals surface area (Å²) in [5, 5.41) is 0.820. The van der Waals surface area contributed by atoms with Crippen molar-refractivity contribution in [2.45, 2.75) is 13.3 Å². The molecule has 0 spiro atoms. The van der Waals surface area contributed by atoms with E-state index in [0.717, 1.165) is 33.8 Å². The zero-order valence-electron chi connectivity index (χ0n) is 9.20. The summed E-state index contributed by atoms with van der Waals surface area (Å²) < 4.78 is 0. The molecule has 0 saturated heterocycles. The number of anilines is 1. The van der Waals surface area contributed by atoms with E-state index < -0.39 is 0 Å². The lowest BCUT2D eigenvalue weighted by Crippen LogP contribution is -1.90. The summed E-state index contributed by atoms with van der Waals surface area (Å²) in [4.78, 5) is 0. The first-order chi connectivity index (χ1) is 7.72. The molecule has 0 amide bonds.